The second-order valence-corrected chi connectivity index (χ2v) is 4.38. The Morgan fingerprint density at radius 2 is 1.87 bits per heavy atom. The van der Waals surface area contributed by atoms with Crippen molar-refractivity contribution in [2.45, 2.75) is 0 Å². The van der Waals surface area contributed by atoms with Gasteiger partial charge in [0.1, 0.15) is 17.6 Å². The number of rotatable bonds is 7. The molecule has 0 unspecified atom stereocenters. The minimum absolute atomic E-state index is 0.0534. The van der Waals surface area contributed by atoms with Gasteiger partial charge in [0.2, 0.25) is 0 Å². The van der Waals surface area contributed by atoms with Crippen molar-refractivity contribution in [3.8, 4) is 17.6 Å². The van der Waals surface area contributed by atoms with Gasteiger partial charge in [-0.25, -0.2) is 5.43 Å². The molecule has 0 aromatic heterocycles. The lowest BCUT2D eigenvalue weighted by Gasteiger charge is -2.05. The number of hydrogen-bond acceptors (Lipinski definition) is 5. The maximum atomic E-state index is 11.6. The Labute approximate surface area is 134 Å². The van der Waals surface area contributed by atoms with Crippen molar-refractivity contribution in [1.29, 1.82) is 5.26 Å². The lowest BCUT2D eigenvalue weighted by molar-refractivity contribution is -0.123. The topological polar surface area (TPSA) is 83.7 Å². The molecule has 2 rings (SSSR count). The van der Waals surface area contributed by atoms with Crippen LogP contribution in [-0.2, 0) is 4.79 Å². The van der Waals surface area contributed by atoms with Gasteiger partial charge in [-0.05, 0) is 24.3 Å². The normalized spacial score (nSPS) is 10.0. The van der Waals surface area contributed by atoms with Crippen molar-refractivity contribution >= 4 is 12.1 Å². The van der Waals surface area contributed by atoms with Gasteiger partial charge in [-0.3, -0.25) is 4.79 Å². The van der Waals surface area contributed by atoms with Crippen LogP contribution in [0.5, 0.6) is 11.5 Å². The molecule has 0 aliphatic heterocycles. The van der Waals surface area contributed by atoms with E-state index in [1.165, 1.54) is 6.21 Å². The molecule has 0 saturated carbocycles. The summed E-state index contributed by atoms with van der Waals surface area (Å²) in [6.45, 7) is -0.184. The number of hydrogen-bond donors (Lipinski definition) is 1. The predicted molar refractivity (Wildman–Crippen MR) is 85.2 cm³/mol. The van der Waals surface area contributed by atoms with Crippen LogP contribution >= 0.6 is 0 Å². The fraction of sp³-hybridized carbons (Fsp3) is 0.118. The highest BCUT2D eigenvalue weighted by molar-refractivity contribution is 5.85. The van der Waals surface area contributed by atoms with E-state index in [-0.39, 0.29) is 19.1 Å². The Morgan fingerprint density at radius 3 is 2.65 bits per heavy atom. The fourth-order valence-electron chi connectivity index (χ4n) is 1.70. The van der Waals surface area contributed by atoms with Crippen LogP contribution in [0.1, 0.15) is 5.56 Å². The molecule has 0 fully saturated rings. The molecule has 6 nitrogen and oxygen atoms in total. The third-order valence-electron chi connectivity index (χ3n) is 2.72. The standard InChI is InChI=1S/C17H15N3O3/c18-10-11-22-16-9-5-4-6-14(16)12-19-20-17(21)13-23-15-7-2-1-3-8-15/h1-9,12H,11,13H2,(H,20,21). The Kier molecular flexibility index (Phi) is 6.17. The zero-order chi connectivity index (χ0) is 16.3. The lowest BCUT2D eigenvalue weighted by atomic mass is 10.2. The van der Waals surface area contributed by atoms with Crippen molar-refractivity contribution < 1.29 is 14.3 Å². The monoisotopic (exact) mass is 309 g/mol. The van der Waals surface area contributed by atoms with E-state index >= 15 is 0 Å². The molecule has 0 bridgehead atoms. The number of hydrazone groups is 1. The van der Waals surface area contributed by atoms with Crippen molar-refractivity contribution in [3.63, 3.8) is 0 Å². The molecule has 2 aromatic rings. The number of carbonyl (C=O) groups is 1. The zero-order valence-corrected chi connectivity index (χ0v) is 12.3. The minimum Gasteiger partial charge on any atom is -0.484 e. The number of nitrogens with one attached hydrogen (secondary N) is 1. The van der Waals surface area contributed by atoms with Gasteiger partial charge in [0.25, 0.3) is 5.91 Å². The lowest BCUT2D eigenvalue weighted by Crippen LogP contribution is -2.24. The number of carbonyl (C=O) groups excluding carboxylic acids is 1. The molecule has 23 heavy (non-hydrogen) atoms. The number of amides is 1. The van der Waals surface area contributed by atoms with Crippen LogP contribution < -0.4 is 14.9 Å². The van der Waals surface area contributed by atoms with Gasteiger partial charge in [-0.1, -0.05) is 30.3 Å². The van der Waals surface area contributed by atoms with Gasteiger partial charge in [0.05, 0.1) is 6.21 Å². The van der Waals surface area contributed by atoms with Gasteiger partial charge in [-0.15, -0.1) is 0 Å². The first-order valence-corrected chi connectivity index (χ1v) is 6.88. The van der Waals surface area contributed by atoms with E-state index < -0.39 is 0 Å². The second-order valence-electron chi connectivity index (χ2n) is 4.38. The van der Waals surface area contributed by atoms with Crippen molar-refractivity contribution in [2.75, 3.05) is 13.2 Å². The molecule has 0 aliphatic rings. The van der Waals surface area contributed by atoms with Crippen LogP contribution in [0.25, 0.3) is 0 Å². The minimum atomic E-state index is -0.375. The SMILES string of the molecule is N#CCOc1ccccc1C=NNC(=O)COc1ccccc1. The second kappa shape index (κ2) is 8.85. The van der Waals surface area contributed by atoms with Crippen LogP contribution in [-0.4, -0.2) is 25.3 Å². The van der Waals surface area contributed by atoms with Gasteiger partial charge in [0.15, 0.2) is 13.2 Å². The first-order valence-electron chi connectivity index (χ1n) is 6.88. The smallest absolute Gasteiger partial charge is 0.277 e. The summed E-state index contributed by atoms with van der Waals surface area (Å²) in [7, 11) is 0. The molecule has 0 atom stereocenters. The van der Waals surface area contributed by atoms with Gasteiger partial charge in [-0.2, -0.15) is 10.4 Å². The Balaban J connectivity index is 1.84. The van der Waals surface area contributed by atoms with Crippen molar-refractivity contribution in [3.05, 3.63) is 60.2 Å². The summed E-state index contributed by atoms with van der Waals surface area (Å²) in [5, 5.41) is 12.4. The van der Waals surface area contributed by atoms with Crippen molar-refractivity contribution in [2.24, 2.45) is 5.10 Å². The van der Waals surface area contributed by atoms with E-state index in [9.17, 15) is 4.79 Å². The van der Waals surface area contributed by atoms with Gasteiger partial charge >= 0.3 is 0 Å². The first kappa shape index (κ1) is 16.0. The van der Waals surface area contributed by atoms with E-state index in [0.29, 0.717) is 17.1 Å². The molecule has 0 heterocycles. The van der Waals surface area contributed by atoms with E-state index in [2.05, 4.69) is 10.5 Å². The van der Waals surface area contributed by atoms with E-state index in [1.54, 1.807) is 36.4 Å². The number of nitriles is 1. The molecule has 2 aromatic carbocycles. The fourth-order valence-corrected chi connectivity index (χ4v) is 1.70. The van der Waals surface area contributed by atoms with E-state index in [4.69, 9.17) is 14.7 Å². The van der Waals surface area contributed by atoms with E-state index in [1.807, 2.05) is 24.3 Å². The molecule has 116 valence electrons. The van der Waals surface area contributed by atoms with Gasteiger partial charge in [0, 0.05) is 5.56 Å². The van der Waals surface area contributed by atoms with E-state index in [0.717, 1.165) is 0 Å². The maximum Gasteiger partial charge on any atom is 0.277 e. The molecule has 0 spiro atoms. The highest BCUT2D eigenvalue weighted by Crippen LogP contribution is 2.15. The highest BCUT2D eigenvalue weighted by Gasteiger charge is 2.02. The molecule has 0 aliphatic carbocycles. The summed E-state index contributed by atoms with van der Waals surface area (Å²) in [6, 6.07) is 18.0. The number of benzene rings is 2. The zero-order valence-electron chi connectivity index (χ0n) is 12.3. The molecule has 0 radical (unpaired) electrons. The van der Waals surface area contributed by atoms with Crippen LogP contribution in [0.15, 0.2) is 59.7 Å². The summed E-state index contributed by atoms with van der Waals surface area (Å²) >= 11 is 0. The van der Waals surface area contributed by atoms with Gasteiger partial charge < -0.3 is 9.47 Å². The Bertz CT molecular complexity index is 709. The summed E-state index contributed by atoms with van der Waals surface area (Å²) in [5.41, 5.74) is 3.03. The quantitative estimate of drug-likeness (QED) is 0.627. The third-order valence-corrected chi connectivity index (χ3v) is 2.72. The molecule has 6 heteroatoms. The summed E-state index contributed by atoms with van der Waals surface area (Å²) in [4.78, 5) is 11.6. The van der Waals surface area contributed by atoms with Crippen LogP contribution in [0.2, 0.25) is 0 Å². The molecule has 1 amide bonds. The summed E-state index contributed by atoms with van der Waals surface area (Å²) < 4.78 is 10.6. The highest BCUT2D eigenvalue weighted by atomic mass is 16.5. The Morgan fingerprint density at radius 1 is 1.13 bits per heavy atom. The van der Waals surface area contributed by atoms with Crippen LogP contribution in [0.3, 0.4) is 0 Å². The number of ether oxygens (including phenoxy) is 2. The first-order chi connectivity index (χ1) is 11.3. The average Bonchev–Trinajstić information content (AvgIpc) is 2.60. The van der Waals surface area contributed by atoms with Crippen LogP contribution in [0.4, 0.5) is 0 Å². The maximum absolute atomic E-state index is 11.6. The summed E-state index contributed by atoms with van der Waals surface area (Å²) in [6.07, 6.45) is 1.45. The molecule has 0 saturated heterocycles. The number of nitrogens with zero attached hydrogens (tertiary/aromatic N) is 2. The molecular formula is C17H15N3O3. The number of para-hydroxylation sites is 2. The third kappa shape index (κ3) is 5.52. The molecular weight excluding hydrogens is 294 g/mol. The summed E-state index contributed by atoms with van der Waals surface area (Å²) in [5.74, 6) is 0.759. The molecule has 1 N–H and O–H groups in total. The Hall–Kier alpha value is -3.33. The van der Waals surface area contributed by atoms with Crippen LogP contribution in [0, 0.1) is 11.3 Å². The average molecular weight is 309 g/mol. The predicted octanol–water partition coefficient (Wildman–Crippen LogP) is 2.12. The van der Waals surface area contributed by atoms with Crippen molar-refractivity contribution in [1.82, 2.24) is 5.43 Å². The largest absolute Gasteiger partial charge is 0.484 e.